The van der Waals surface area contributed by atoms with Crippen LogP contribution in [0.4, 0.5) is 5.69 Å². The van der Waals surface area contributed by atoms with E-state index in [2.05, 4.69) is 10.3 Å². The Bertz CT molecular complexity index is 632. The van der Waals surface area contributed by atoms with Gasteiger partial charge in [0.25, 0.3) is 0 Å². The van der Waals surface area contributed by atoms with E-state index in [0.717, 1.165) is 10.9 Å². The van der Waals surface area contributed by atoms with Crippen LogP contribution in [0.1, 0.15) is 6.42 Å². The number of carbonyl (C=O) groups is 2. The molecule has 1 aliphatic rings. The number of carboxylic acids is 1. The molecule has 92 valence electrons. The van der Waals surface area contributed by atoms with Crippen molar-refractivity contribution in [1.82, 2.24) is 4.98 Å². The summed E-state index contributed by atoms with van der Waals surface area (Å²) in [6, 6.07) is 7.62. The Morgan fingerprint density at radius 1 is 1.28 bits per heavy atom. The topological polar surface area (TPSA) is 82.2 Å². The summed E-state index contributed by atoms with van der Waals surface area (Å²) in [5, 5.41) is 12.5. The third kappa shape index (κ3) is 1.73. The number of hydrogen-bond donors (Lipinski definition) is 3. The van der Waals surface area contributed by atoms with Gasteiger partial charge < -0.3 is 15.4 Å². The third-order valence-corrected chi connectivity index (χ3v) is 3.29. The van der Waals surface area contributed by atoms with E-state index < -0.39 is 17.8 Å². The minimum atomic E-state index is -0.894. The molecular weight excluding hydrogens is 232 g/mol. The van der Waals surface area contributed by atoms with Crippen molar-refractivity contribution in [3.63, 3.8) is 0 Å². The van der Waals surface area contributed by atoms with Gasteiger partial charge in [-0.2, -0.15) is 0 Å². The van der Waals surface area contributed by atoms with Crippen LogP contribution in [0.15, 0.2) is 30.5 Å². The molecule has 0 aliphatic heterocycles. The highest BCUT2D eigenvalue weighted by molar-refractivity contribution is 6.04. The number of hydrogen-bond acceptors (Lipinski definition) is 2. The molecule has 1 aromatic carbocycles. The summed E-state index contributed by atoms with van der Waals surface area (Å²) in [7, 11) is 0. The van der Waals surface area contributed by atoms with Crippen molar-refractivity contribution in [3.8, 4) is 0 Å². The van der Waals surface area contributed by atoms with Crippen LogP contribution in [0.5, 0.6) is 0 Å². The van der Waals surface area contributed by atoms with E-state index in [1.54, 1.807) is 6.20 Å². The number of amides is 1. The van der Waals surface area contributed by atoms with Crippen LogP contribution < -0.4 is 5.32 Å². The maximum atomic E-state index is 11.8. The fourth-order valence-corrected chi connectivity index (χ4v) is 2.16. The molecule has 1 fully saturated rings. The van der Waals surface area contributed by atoms with Gasteiger partial charge in [-0.1, -0.05) is 18.2 Å². The number of fused-ring (bicyclic) bond motifs is 1. The molecule has 1 aliphatic carbocycles. The van der Waals surface area contributed by atoms with Crippen LogP contribution in [0.3, 0.4) is 0 Å². The number of carboxylic acid groups (broad SMARTS) is 1. The zero-order valence-corrected chi connectivity index (χ0v) is 9.51. The molecule has 0 saturated heterocycles. The van der Waals surface area contributed by atoms with Crippen molar-refractivity contribution in [2.24, 2.45) is 11.8 Å². The number of aromatic nitrogens is 1. The zero-order chi connectivity index (χ0) is 12.7. The van der Waals surface area contributed by atoms with Crippen LogP contribution in [0.2, 0.25) is 0 Å². The van der Waals surface area contributed by atoms with E-state index in [1.165, 1.54) is 0 Å². The largest absolute Gasteiger partial charge is 0.481 e. The lowest BCUT2D eigenvalue weighted by molar-refractivity contribution is -0.139. The van der Waals surface area contributed by atoms with Crippen LogP contribution in [-0.2, 0) is 9.59 Å². The number of aliphatic carboxylic acids is 1. The summed E-state index contributed by atoms with van der Waals surface area (Å²) in [5.74, 6) is -2.02. The number of aromatic amines is 1. The van der Waals surface area contributed by atoms with Gasteiger partial charge in [0.05, 0.1) is 17.5 Å². The molecule has 2 unspecified atom stereocenters. The monoisotopic (exact) mass is 244 g/mol. The van der Waals surface area contributed by atoms with E-state index in [4.69, 9.17) is 5.11 Å². The smallest absolute Gasteiger partial charge is 0.307 e. The average molecular weight is 244 g/mol. The molecule has 3 N–H and O–H groups in total. The van der Waals surface area contributed by atoms with Gasteiger partial charge in [0.2, 0.25) is 5.91 Å². The predicted molar refractivity (Wildman–Crippen MR) is 66.2 cm³/mol. The summed E-state index contributed by atoms with van der Waals surface area (Å²) in [6.45, 7) is 0. The second kappa shape index (κ2) is 3.87. The molecule has 1 aromatic heterocycles. The Hall–Kier alpha value is -2.30. The summed E-state index contributed by atoms with van der Waals surface area (Å²) in [4.78, 5) is 25.6. The molecule has 3 rings (SSSR count). The van der Waals surface area contributed by atoms with E-state index in [9.17, 15) is 9.59 Å². The third-order valence-electron chi connectivity index (χ3n) is 3.29. The molecule has 1 saturated carbocycles. The molecule has 18 heavy (non-hydrogen) atoms. The molecule has 2 atom stereocenters. The lowest BCUT2D eigenvalue weighted by Gasteiger charge is -2.02. The lowest BCUT2D eigenvalue weighted by Crippen LogP contribution is -2.16. The van der Waals surface area contributed by atoms with Gasteiger partial charge in [-0.05, 0) is 12.5 Å². The number of nitrogens with one attached hydrogen (secondary N) is 2. The van der Waals surface area contributed by atoms with Crippen molar-refractivity contribution in [3.05, 3.63) is 30.5 Å². The van der Waals surface area contributed by atoms with Crippen LogP contribution in [-0.4, -0.2) is 22.0 Å². The Kier molecular flexibility index (Phi) is 2.33. The van der Waals surface area contributed by atoms with Gasteiger partial charge in [-0.15, -0.1) is 0 Å². The van der Waals surface area contributed by atoms with E-state index in [-0.39, 0.29) is 5.91 Å². The number of para-hydroxylation sites is 1. The SMILES string of the molecule is O=C(O)C1CC1C(=O)Nc1c[nH]c2ccccc12. The predicted octanol–water partition coefficient (Wildman–Crippen LogP) is 1.83. The van der Waals surface area contributed by atoms with Crippen molar-refractivity contribution in [2.45, 2.75) is 6.42 Å². The van der Waals surface area contributed by atoms with Gasteiger partial charge >= 0.3 is 5.97 Å². The Morgan fingerprint density at radius 2 is 2.06 bits per heavy atom. The summed E-state index contributed by atoms with van der Waals surface area (Å²) >= 11 is 0. The molecule has 0 radical (unpaired) electrons. The maximum absolute atomic E-state index is 11.8. The first-order chi connectivity index (χ1) is 8.66. The Labute approximate surface area is 103 Å². The summed E-state index contributed by atoms with van der Waals surface area (Å²) < 4.78 is 0. The molecule has 1 amide bonds. The first-order valence-electron chi connectivity index (χ1n) is 5.76. The highest BCUT2D eigenvalue weighted by atomic mass is 16.4. The molecule has 5 heteroatoms. The lowest BCUT2D eigenvalue weighted by atomic mass is 10.2. The molecule has 0 spiro atoms. The number of rotatable bonds is 3. The minimum absolute atomic E-state index is 0.216. The number of H-pyrrole nitrogens is 1. The number of benzene rings is 1. The number of anilines is 1. The first-order valence-corrected chi connectivity index (χ1v) is 5.76. The van der Waals surface area contributed by atoms with Gasteiger partial charge in [0, 0.05) is 17.1 Å². The standard InChI is InChI=1S/C13H12N2O3/c16-12(8-5-9(8)13(17)18)15-11-6-14-10-4-2-1-3-7(10)11/h1-4,6,8-9,14H,5H2,(H,15,16)(H,17,18). The molecule has 2 aromatic rings. The normalized spacial score (nSPS) is 21.8. The Balaban J connectivity index is 1.77. The average Bonchev–Trinajstić information content (AvgIpc) is 3.08. The summed E-state index contributed by atoms with van der Waals surface area (Å²) in [6.07, 6.45) is 2.16. The van der Waals surface area contributed by atoms with Crippen molar-refractivity contribution in [2.75, 3.05) is 5.32 Å². The molecule has 5 nitrogen and oxygen atoms in total. The molecular formula is C13H12N2O3. The zero-order valence-electron chi connectivity index (χ0n) is 9.51. The molecule has 0 bridgehead atoms. The van der Waals surface area contributed by atoms with Gasteiger partial charge in [0.15, 0.2) is 0 Å². The van der Waals surface area contributed by atoms with E-state index in [0.29, 0.717) is 12.1 Å². The second-order valence-electron chi connectivity index (χ2n) is 4.52. The number of carbonyl (C=O) groups excluding carboxylic acids is 1. The van der Waals surface area contributed by atoms with Crippen LogP contribution in [0.25, 0.3) is 10.9 Å². The van der Waals surface area contributed by atoms with Crippen molar-refractivity contribution < 1.29 is 14.7 Å². The first kappa shape index (κ1) is 10.8. The van der Waals surface area contributed by atoms with Crippen LogP contribution >= 0.6 is 0 Å². The fraction of sp³-hybridized carbons (Fsp3) is 0.231. The summed E-state index contributed by atoms with van der Waals surface area (Å²) in [5.41, 5.74) is 1.64. The fourth-order valence-electron chi connectivity index (χ4n) is 2.16. The van der Waals surface area contributed by atoms with Crippen molar-refractivity contribution in [1.29, 1.82) is 0 Å². The second-order valence-corrected chi connectivity index (χ2v) is 4.52. The van der Waals surface area contributed by atoms with Gasteiger partial charge in [-0.3, -0.25) is 9.59 Å². The van der Waals surface area contributed by atoms with E-state index >= 15 is 0 Å². The minimum Gasteiger partial charge on any atom is -0.481 e. The van der Waals surface area contributed by atoms with E-state index in [1.807, 2.05) is 24.3 Å². The molecule has 1 heterocycles. The van der Waals surface area contributed by atoms with Gasteiger partial charge in [-0.25, -0.2) is 0 Å². The van der Waals surface area contributed by atoms with Crippen molar-refractivity contribution >= 4 is 28.5 Å². The Morgan fingerprint density at radius 3 is 2.78 bits per heavy atom. The highest BCUT2D eigenvalue weighted by Gasteiger charge is 2.48. The maximum Gasteiger partial charge on any atom is 0.307 e. The highest BCUT2D eigenvalue weighted by Crippen LogP contribution is 2.39. The quantitative estimate of drug-likeness (QED) is 0.770. The van der Waals surface area contributed by atoms with Crippen LogP contribution in [0, 0.1) is 11.8 Å². The van der Waals surface area contributed by atoms with Gasteiger partial charge in [0.1, 0.15) is 0 Å².